The van der Waals surface area contributed by atoms with Gasteiger partial charge in [0.25, 0.3) is 0 Å². The third kappa shape index (κ3) is 2.54. The lowest BCUT2D eigenvalue weighted by atomic mass is 10.3. The lowest BCUT2D eigenvalue weighted by molar-refractivity contribution is 1.20. The standard InChI is InChI=1S/C10H8N4S/c1-11-8-2-4-9(5-3-8)13-14-10-12-6-7-15-10/h2-7H,1H2. The van der Waals surface area contributed by atoms with Crippen molar-refractivity contribution in [3.8, 4) is 0 Å². The van der Waals surface area contributed by atoms with Crippen molar-refractivity contribution in [2.75, 3.05) is 0 Å². The molecule has 0 aliphatic carbocycles. The van der Waals surface area contributed by atoms with Gasteiger partial charge in [-0.1, -0.05) is 0 Å². The number of azo groups is 1. The maximum absolute atomic E-state index is 4.03. The minimum absolute atomic E-state index is 0.654. The van der Waals surface area contributed by atoms with Gasteiger partial charge in [0, 0.05) is 11.6 Å². The molecule has 5 heteroatoms. The molecule has 15 heavy (non-hydrogen) atoms. The molecule has 0 saturated carbocycles. The van der Waals surface area contributed by atoms with E-state index in [1.165, 1.54) is 11.3 Å². The third-order valence-electron chi connectivity index (χ3n) is 1.70. The molecule has 74 valence electrons. The van der Waals surface area contributed by atoms with Crippen LogP contribution in [0.1, 0.15) is 0 Å². The van der Waals surface area contributed by atoms with Gasteiger partial charge >= 0.3 is 0 Å². The molecule has 1 aromatic heterocycles. The van der Waals surface area contributed by atoms with Crippen LogP contribution < -0.4 is 0 Å². The van der Waals surface area contributed by atoms with Crippen LogP contribution >= 0.6 is 11.3 Å². The summed E-state index contributed by atoms with van der Waals surface area (Å²) < 4.78 is 0. The highest BCUT2D eigenvalue weighted by atomic mass is 32.1. The highest BCUT2D eigenvalue weighted by Gasteiger charge is 1.92. The SMILES string of the molecule is C=Nc1ccc(N=Nc2nccs2)cc1. The van der Waals surface area contributed by atoms with Crippen molar-refractivity contribution >= 4 is 34.6 Å². The summed E-state index contributed by atoms with van der Waals surface area (Å²) in [6.45, 7) is 3.43. The van der Waals surface area contributed by atoms with Crippen LogP contribution in [-0.2, 0) is 0 Å². The Labute approximate surface area is 91.1 Å². The zero-order valence-corrected chi connectivity index (χ0v) is 8.68. The summed E-state index contributed by atoms with van der Waals surface area (Å²) >= 11 is 1.45. The second-order valence-corrected chi connectivity index (χ2v) is 3.56. The van der Waals surface area contributed by atoms with Crippen LogP contribution in [-0.4, -0.2) is 11.7 Å². The summed E-state index contributed by atoms with van der Waals surface area (Å²) in [5.41, 5.74) is 1.60. The summed E-state index contributed by atoms with van der Waals surface area (Å²) in [6.07, 6.45) is 1.70. The molecule has 0 aliphatic heterocycles. The smallest absolute Gasteiger partial charge is 0.229 e. The predicted octanol–water partition coefficient (Wildman–Crippen LogP) is 3.89. The maximum atomic E-state index is 4.03. The summed E-state index contributed by atoms with van der Waals surface area (Å²) in [6, 6.07) is 7.34. The Balaban J connectivity index is 2.14. The van der Waals surface area contributed by atoms with Crippen LogP contribution in [0.4, 0.5) is 16.5 Å². The van der Waals surface area contributed by atoms with E-state index in [4.69, 9.17) is 0 Å². The first-order valence-corrected chi connectivity index (χ1v) is 5.14. The van der Waals surface area contributed by atoms with Crippen molar-refractivity contribution in [2.24, 2.45) is 15.2 Å². The normalized spacial score (nSPS) is 10.7. The van der Waals surface area contributed by atoms with Crippen LogP contribution in [0.2, 0.25) is 0 Å². The zero-order valence-electron chi connectivity index (χ0n) is 7.87. The van der Waals surface area contributed by atoms with Crippen LogP contribution in [0.5, 0.6) is 0 Å². The second-order valence-electron chi connectivity index (χ2n) is 2.69. The number of aromatic nitrogens is 1. The molecule has 1 aromatic carbocycles. The fourth-order valence-corrected chi connectivity index (χ4v) is 1.44. The van der Waals surface area contributed by atoms with Crippen molar-refractivity contribution in [3.63, 3.8) is 0 Å². The number of thiazole rings is 1. The minimum atomic E-state index is 0.654. The van der Waals surface area contributed by atoms with Gasteiger partial charge in [-0.05, 0) is 31.0 Å². The molecule has 1 heterocycles. The molecule has 0 N–H and O–H groups in total. The van der Waals surface area contributed by atoms with Crippen LogP contribution in [0, 0.1) is 0 Å². The number of rotatable bonds is 3. The molecule has 0 amide bonds. The number of hydrogen-bond donors (Lipinski definition) is 0. The van der Waals surface area contributed by atoms with Gasteiger partial charge in [-0.25, -0.2) is 4.98 Å². The monoisotopic (exact) mass is 216 g/mol. The molecule has 0 atom stereocenters. The molecule has 0 saturated heterocycles. The van der Waals surface area contributed by atoms with E-state index in [1.54, 1.807) is 6.20 Å². The number of benzene rings is 1. The van der Waals surface area contributed by atoms with Crippen molar-refractivity contribution in [1.82, 2.24) is 4.98 Å². The topological polar surface area (TPSA) is 50.0 Å². The first-order valence-electron chi connectivity index (χ1n) is 4.26. The Morgan fingerprint density at radius 2 is 1.80 bits per heavy atom. The molecule has 2 rings (SSSR count). The number of aliphatic imine (C=N–C) groups is 1. The molecule has 4 nitrogen and oxygen atoms in total. The third-order valence-corrected chi connectivity index (χ3v) is 2.36. The molecule has 0 spiro atoms. The Morgan fingerprint density at radius 3 is 2.40 bits per heavy atom. The van der Waals surface area contributed by atoms with Gasteiger partial charge in [0.15, 0.2) is 0 Å². The Hall–Kier alpha value is -1.88. The summed E-state index contributed by atoms with van der Waals surface area (Å²) in [5, 5.41) is 10.5. The van der Waals surface area contributed by atoms with Crippen molar-refractivity contribution < 1.29 is 0 Å². The minimum Gasteiger partial charge on any atom is -0.265 e. The molecular formula is C10H8N4S. The molecule has 0 unspecified atom stereocenters. The van der Waals surface area contributed by atoms with E-state index in [9.17, 15) is 0 Å². The average Bonchev–Trinajstić information content (AvgIpc) is 2.80. The van der Waals surface area contributed by atoms with E-state index in [0.717, 1.165) is 11.4 Å². The number of hydrogen-bond acceptors (Lipinski definition) is 5. The largest absolute Gasteiger partial charge is 0.265 e. The van der Waals surface area contributed by atoms with Gasteiger partial charge in [0.05, 0.1) is 11.4 Å². The predicted molar refractivity (Wildman–Crippen MR) is 61.9 cm³/mol. The van der Waals surface area contributed by atoms with Gasteiger partial charge in [0.2, 0.25) is 5.13 Å². The molecule has 0 radical (unpaired) electrons. The Morgan fingerprint density at radius 1 is 1.07 bits per heavy atom. The van der Waals surface area contributed by atoms with Crippen molar-refractivity contribution in [2.45, 2.75) is 0 Å². The van der Waals surface area contributed by atoms with Gasteiger partial charge < -0.3 is 0 Å². The Kier molecular flexibility index (Phi) is 2.94. The van der Waals surface area contributed by atoms with E-state index in [0.29, 0.717) is 5.13 Å². The fraction of sp³-hybridized carbons (Fsp3) is 0. The van der Waals surface area contributed by atoms with E-state index in [2.05, 4.69) is 26.9 Å². The number of nitrogens with zero attached hydrogens (tertiary/aromatic N) is 4. The molecule has 2 aromatic rings. The summed E-state index contributed by atoms with van der Waals surface area (Å²) in [5.74, 6) is 0. The maximum Gasteiger partial charge on any atom is 0.229 e. The van der Waals surface area contributed by atoms with E-state index < -0.39 is 0 Å². The van der Waals surface area contributed by atoms with Gasteiger partial charge in [-0.15, -0.1) is 21.6 Å². The van der Waals surface area contributed by atoms with Crippen molar-refractivity contribution in [3.05, 3.63) is 35.8 Å². The van der Waals surface area contributed by atoms with E-state index >= 15 is 0 Å². The quantitative estimate of drug-likeness (QED) is 0.567. The van der Waals surface area contributed by atoms with Gasteiger partial charge in [-0.2, -0.15) is 0 Å². The van der Waals surface area contributed by atoms with Gasteiger partial charge in [0.1, 0.15) is 0 Å². The van der Waals surface area contributed by atoms with Crippen LogP contribution in [0.25, 0.3) is 0 Å². The average molecular weight is 216 g/mol. The highest BCUT2D eigenvalue weighted by molar-refractivity contribution is 7.13. The summed E-state index contributed by atoms with van der Waals surface area (Å²) in [4.78, 5) is 7.78. The molecular weight excluding hydrogens is 208 g/mol. The van der Waals surface area contributed by atoms with E-state index in [1.807, 2.05) is 29.6 Å². The van der Waals surface area contributed by atoms with Crippen LogP contribution in [0.15, 0.2) is 51.1 Å². The highest BCUT2D eigenvalue weighted by Crippen LogP contribution is 2.21. The summed E-state index contributed by atoms with van der Waals surface area (Å²) in [7, 11) is 0. The van der Waals surface area contributed by atoms with Crippen LogP contribution in [0.3, 0.4) is 0 Å². The molecule has 0 fully saturated rings. The van der Waals surface area contributed by atoms with Gasteiger partial charge in [-0.3, -0.25) is 4.99 Å². The zero-order chi connectivity index (χ0) is 10.5. The first-order chi connectivity index (χ1) is 7.38. The first kappa shape index (κ1) is 9.67. The second kappa shape index (κ2) is 4.56. The molecule has 0 aliphatic rings. The van der Waals surface area contributed by atoms with Crippen molar-refractivity contribution in [1.29, 1.82) is 0 Å². The lowest BCUT2D eigenvalue weighted by Crippen LogP contribution is -1.64. The molecule has 0 bridgehead atoms. The lowest BCUT2D eigenvalue weighted by Gasteiger charge is -1.92. The van der Waals surface area contributed by atoms with E-state index in [-0.39, 0.29) is 0 Å². The fourth-order valence-electron chi connectivity index (χ4n) is 0.991. The Bertz CT molecular complexity index is 459.